The fourth-order valence-electron chi connectivity index (χ4n) is 7.47. The molecule has 6 bridgehead atoms. The van der Waals surface area contributed by atoms with Crippen molar-refractivity contribution >= 4 is 11.4 Å². The zero-order valence-corrected chi connectivity index (χ0v) is 23.6. The van der Waals surface area contributed by atoms with Gasteiger partial charge in [0, 0.05) is 23.0 Å². The number of hydrogen-bond acceptors (Lipinski definition) is 2. The second-order valence-corrected chi connectivity index (χ2v) is 12.0. The molecular weight excluding hydrogens is 448 g/mol. The number of anilines is 1. The second-order valence-electron chi connectivity index (χ2n) is 12.0. The van der Waals surface area contributed by atoms with E-state index in [0.717, 1.165) is 18.0 Å². The molecule has 0 spiro atoms. The van der Waals surface area contributed by atoms with Gasteiger partial charge >= 0.3 is 0 Å². The van der Waals surface area contributed by atoms with E-state index in [0.29, 0.717) is 5.92 Å². The molecule has 3 aromatic rings. The van der Waals surface area contributed by atoms with E-state index in [2.05, 4.69) is 111 Å². The molecule has 0 amide bonds. The molecule has 2 N–H and O–H groups in total. The van der Waals surface area contributed by atoms with E-state index in [1.165, 1.54) is 64.8 Å². The third-order valence-corrected chi connectivity index (χ3v) is 9.28. The summed E-state index contributed by atoms with van der Waals surface area (Å²) in [5, 5.41) is 7.89. The van der Waals surface area contributed by atoms with Gasteiger partial charge in [0.05, 0.1) is 11.2 Å². The van der Waals surface area contributed by atoms with Gasteiger partial charge in [-0.2, -0.15) is 0 Å². The lowest BCUT2D eigenvalue weighted by atomic mass is 9.62. The molecule has 0 saturated heterocycles. The highest BCUT2D eigenvalue weighted by Crippen LogP contribution is 2.50. The predicted molar refractivity (Wildman–Crippen MR) is 160 cm³/mol. The summed E-state index contributed by atoms with van der Waals surface area (Å²) in [6, 6.07) is 24.8. The molecule has 2 nitrogen and oxygen atoms in total. The Morgan fingerprint density at radius 2 is 1.38 bits per heavy atom. The van der Waals surface area contributed by atoms with E-state index in [9.17, 15) is 0 Å². The summed E-state index contributed by atoms with van der Waals surface area (Å²) < 4.78 is 0. The standard InChI is InChI=1S/C33H38N2.C2H6/c1-22-25-13-9-14-29(22)33(4)21-32(2,3)24-18-16-23(17-19-24)26-10-5-6-12-28(26)31(20-34-33)35-30-15-8-7-11-27(25)30;1-2/h5-15,20,23-24,34-35H,16-19,21H2,1-4H3;1-2H3/b31-20-;. The van der Waals surface area contributed by atoms with Crippen molar-refractivity contribution in [2.24, 2.45) is 11.3 Å². The first kappa shape index (κ1) is 25.6. The van der Waals surface area contributed by atoms with Gasteiger partial charge in [0.15, 0.2) is 0 Å². The van der Waals surface area contributed by atoms with Crippen molar-refractivity contribution in [1.29, 1.82) is 0 Å². The molecule has 1 fully saturated rings. The zero-order chi connectivity index (χ0) is 26.2. The predicted octanol–water partition coefficient (Wildman–Crippen LogP) is 9.62. The van der Waals surface area contributed by atoms with E-state index in [1.807, 2.05) is 13.8 Å². The number of nitrogens with one attached hydrogen (secondary N) is 2. The summed E-state index contributed by atoms with van der Waals surface area (Å²) >= 11 is 0. The summed E-state index contributed by atoms with van der Waals surface area (Å²) in [5.41, 5.74) is 10.6. The van der Waals surface area contributed by atoms with E-state index in [4.69, 9.17) is 0 Å². The lowest BCUT2D eigenvalue weighted by Crippen LogP contribution is -2.44. The lowest BCUT2D eigenvalue weighted by Gasteiger charge is -2.46. The van der Waals surface area contributed by atoms with Crippen molar-refractivity contribution in [2.45, 2.75) is 85.1 Å². The minimum Gasteiger partial charge on any atom is -0.380 e. The van der Waals surface area contributed by atoms with Gasteiger partial charge in [0.25, 0.3) is 0 Å². The molecule has 37 heavy (non-hydrogen) atoms. The average Bonchev–Trinajstić information content (AvgIpc) is 2.91. The molecule has 1 unspecified atom stereocenters. The van der Waals surface area contributed by atoms with Crippen LogP contribution in [0.3, 0.4) is 0 Å². The number of fused-ring (bicyclic) bond motifs is 7. The molecule has 194 valence electrons. The van der Waals surface area contributed by atoms with Gasteiger partial charge in [0.1, 0.15) is 0 Å². The molecule has 0 aromatic heterocycles. The Hall–Kier alpha value is -3.00. The van der Waals surface area contributed by atoms with E-state index in [-0.39, 0.29) is 11.0 Å². The van der Waals surface area contributed by atoms with Crippen LogP contribution < -0.4 is 10.6 Å². The number of benzene rings is 3. The van der Waals surface area contributed by atoms with Gasteiger partial charge in [-0.25, -0.2) is 0 Å². The van der Waals surface area contributed by atoms with Crippen LogP contribution in [0.1, 0.15) is 94.9 Å². The van der Waals surface area contributed by atoms with Crippen molar-refractivity contribution in [3.63, 3.8) is 0 Å². The normalized spacial score (nSPS) is 26.8. The minimum atomic E-state index is -0.173. The monoisotopic (exact) mass is 492 g/mol. The maximum Gasteiger partial charge on any atom is 0.0620 e. The Labute approximate surface area is 224 Å². The Morgan fingerprint density at radius 1 is 0.730 bits per heavy atom. The SMILES string of the molecule is CC.Cc1c2cccc1C1(C)CC(C)(C)C3CCC(CC3)c3ccccc3/C(=C/N1)Nc1ccccc1-2. The summed E-state index contributed by atoms with van der Waals surface area (Å²) in [6.07, 6.45) is 8.58. The van der Waals surface area contributed by atoms with Crippen LogP contribution in [0.5, 0.6) is 0 Å². The van der Waals surface area contributed by atoms with Crippen LogP contribution >= 0.6 is 0 Å². The minimum absolute atomic E-state index is 0.173. The van der Waals surface area contributed by atoms with Crippen LogP contribution in [-0.4, -0.2) is 0 Å². The molecule has 4 aliphatic rings. The third kappa shape index (κ3) is 4.60. The largest absolute Gasteiger partial charge is 0.380 e. The lowest BCUT2D eigenvalue weighted by molar-refractivity contribution is 0.100. The van der Waals surface area contributed by atoms with Gasteiger partial charge in [-0.15, -0.1) is 0 Å². The van der Waals surface area contributed by atoms with Crippen LogP contribution in [0.2, 0.25) is 0 Å². The molecule has 1 atom stereocenters. The highest BCUT2D eigenvalue weighted by molar-refractivity contribution is 5.88. The zero-order valence-electron chi connectivity index (χ0n) is 23.6. The molecule has 2 heteroatoms. The second kappa shape index (κ2) is 10.0. The van der Waals surface area contributed by atoms with E-state index >= 15 is 0 Å². The molecule has 7 rings (SSSR count). The van der Waals surface area contributed by atoms with Gasteiger partial charge in [-0.3, -0.25) is 0 Å². The number of para-hydroxylation sites is 1. The Kier molecular flexibility index (Phi) is 6.96. The van der Waals surface area contributed by atoms with Crippen molar-refractivity contribution in [1.82, 2.24) is 5.32 Å². The van der Waals surface area contributed by atoms with Crippen molar-refractivity contribution < 1.29 is 0 Å². The van der Waals surface area contributed by atoms with Crippen LogP contribution in [0.15, 0.2) is 72.9 Å². The van der Waals surface area contributed by atoms with Crippen LogP contribution in [0.25, 0.3) is 16.8 Å². The first-order chi connectivity index (χ1) is 17.9. The average molecular weight is 493 g/mol. The van der Waals surface area contributed by atoms with E-state index in [1.54, 1.807) is 0 Å². The summed E-state index contributed by atoms with van der Waals surface area (Å²) in [4.78, 5) is 0. The molecule has 3 heterocycles. The molecular formula is C35H44N2. The van der Waals surface area contributed by atoms with Gasteiger partial charge in [0.2, 0.25) is 0 Å². The van der Waals surface area contributed by atoms with Gasteiger partial charge in [-0.1, -0.05) is 88.4 Å². The van der Waals surface area contributed by atoms with E-state index < -0.39 is 0 Å². The number of rotatable bonds is 0. The first-order valence-electron chi connectivity index (χ1n) is 14.4. The number of hydrogen-bond donors (Lipinski definition) is 2. The third-order valence-electron chi connectivity index (χ3n) is 9.28. The Bertz CT molecular complexity index is 1290. The van der Waals surface area contributed by atoms with Crippen molar-refractivity contribution in [3.8, 4) is 11.1 Å². The van der Waals surface area contributed by atoms with Crippen LogP contribution in [0, 0.1) is 18.3 Å². The summed E-state index contributed by atoms with van der Waals surface area (Å²) in [5.74, 6) is 1.39. The van der Waals surface area contributed by atoms with Gasteiger partial charge in [-0.05, 0) is 91.5 Å². The Balaban J connectivity index is 0.00000137. The molecule has 1 aliphatic carbocycles. The quantitative estimate of drug-likeness (QED) is 0.326. The molecule has 3 aliphatic heterocycles. The highest BCUT2D eigenvalue weighted by atomic mass is 15.0. The molecule has 3 aromatic carbocycles. The summed E-state index contributed by atoms with van der Waals surface area (Å²) in [7, 11) is 0. The molecule has 1 saturated carbocycles. The smallest absolute Gasteiger partial charge is 0.0620 e. The van der Waals surface area contributed by atoms with Gasteiger partial charge < -0.3 is 10.6 Å². The summed E-state index contributed by atoms with van der Waals surface area (Å²) in [6.45, 7) is 13.8. The van der Waals surface area contributed by atoms with Crippen LogP contribution in [-0.2, 0) is 5.54 Å². The van der Waals surface area contributed by atoms with Crippen molar-refractivity contribution in [2.75, 3.05) is 5.32 Å². The fraction of sp³-hybridized carbons (Fsp3) is 0.429. The fourth-order valence-corrected chi connectivity index (χ4v) is 7.47. The Morgan fingerprint density at radius 3 is 2.14 bits per heavy atom. The molecule has 0 radical (unpaired) electrons. The van der Waals surface area contributed by atoms with Crippen LogP contribution in [0.4, 0.5) is 5.69 Å². The van der Waals surface area contributed by atoms with Crippen molar-refractivity contribution in [3.05, 3.63) is 95.2 Å². The maximum absolute atomic E-state index is 4.00. The first-order valence-corrected chi connectivity index (χ1v) is 14.4. The maximum atomic E-state index is 4.00. The topological polar surface area (TPSA) is 24.1 Å². The highest BCUT2D eigenvalue weighted by Gasteiger charge is 2.41.